The zero-order valence-electron chi connectivity index (χ0n) is 19.3. The Bertz CT molecular complexity index is 1140. The number of carbonyl (C=O) groups excluding carboxylic acids is 1. The van der Waals surface area contributed by atoms with Gasteiger partial charge in [0.1, 0.15) is 5.69 Å². The van der Waals surface area contributed by atoms with E-state index in [0.29, 0.717) is 17.6 Å². The molecule has 3 aromatic rings. The first-order valence-corrected chi connectivity index (χ1v) is 12.0. The summed E-state index contributed by atoms with van der Waals surface area (Å²) < 4.78 is 0. The normalized spacial score (nSPS) is 16.6. The largest absolute Gasteiger partial charge is 0.371 e. The van der Waals surface area contributed by atoms with Crippen LogP contribution in [0.4, 0.5) is 23.0 Å². The Labute approximate surface area is 200 Å². The van der Waals surface area contributed by atoms with Gasteiger partial charge >= 0.3 is 0 Å². The zero-order chi connectivity index (χ0) is 23.5. The van der Waals surface area contributed by atoms with Crippen LogP contribution in [0, 0.1) is 0 Å². The molecule has 1 amide bonds. The van der Waals surface area contributed by atoms with Crippen LogP contribution in [-0.4, -0.2) is 48.1 Å². The van der Waals surface area contributed by atoms with E-state index in [1.165, 1.54) is 0 Å². The lowest BCUT2D eigenvalue weighted by molar-refractivity contribution is 0.0996. The van der Waals surface area contributed by atoms with Crippen LogP contribution < -0.4 is 26.6 Å². The van der Waals surface area contributed by atoms with Crippen molar-refractivity contribution in [3.63, 3.8) is 0 Å². The fourth-order valence-corrected chi connectivity index (χ4v) is 4.67. The number of carbonyl (C=O) groups is 1. The van der Waals surface area contributed by atoms with E-state index in [0.717, 1.165) is 74.6 Å². The van der Waals surface area contributed by atoms with E-state index < -0.39 is 5.91 Å². The summed E-state index contributed by atoms with van der Waals surface area (Å²) >= 11 is 0. The lowest BCUT2D eigenvalue weighted by atomic mass is 10.1. The van der Waals surface area contributed by atoms with Gasteiger partial charge in [-0.2, -0.15) is 0 Å². The maximum Gasteiger partial charge on any atom is 0.271 e. The molecule has 2 fully saturated rings. The summed E-state index contributed by atoms with van der Waals surface area (Å²) in [4.78, 5) is 26.6. The minimum absolute atomic E-state index is 0.135. The minimum Gasteiger partial charge on any atom is -0.371 e. The highest BCUT2D eigenvalue weighted by atomic mass is 16.1. The number of nitrogens with two attached hydrogens (primary N) is 2. The Balaban J connectivity index is 1.47. The highest BCUT2D eigenvalue weighted by Crippen LogP contribution is 2.33. The molecule has 1 aromatic heterocycles. The van der Waals surface area contributed by atoms with Crippen LogP contribution in [0.5, 0.6) is 0 Å². The van der Waals surface area contributed by atoms with Gasteiger partial charge in [-0.1, -0.05) is 30.3 Å². The number of rotatable bonds is 6. The van der Waals surface area contributed by atoms with Gasteiger partial charge < -0.3 is 26.6 Å². The number of nitrogens with zero attached hydrogens (tertiary/aromatic N) is 4. The number of nitrogens with one attached hydrogen (secondary N) is 1. The molecule has 0 bridgehead atoms. The van der Waals surface area contributed by atoms with Gasteiger partial charge in [0.25, 0.3) is 5.91 Å². The number of hydrogen-bond acceptors (Lipinski definition) is 7. The molecule has 2 aliphatic rings. The Morgan fingerprint density at radius 2 is 1.56 bits per heavy atom. The van der Waals surface area contributed by atoms with Crippen LogP contribution in [0.1, 0.15) is 36.2 Å². The second kappa shape index (κ2) is 9.69. The van der Waals surface area contributed by atoms with Gasteiger partial charge in [-0.3, -0.25) is 4.79 Å². The fourth-order valence-electron chi connectivity index (χ4n) is 4.67. The highest BCUT2D eigenvalue weighted by Gasteiger charge is 2.24. The third-order valence-corrected chi connectivity index (χ3v) is 6.60. The van der Waals surface area contributed by atoms with Gasteiger partial charge in [-0.25, -0.2) is 9.97 Å². The average Bonchev–Trinajstić information content (AvgIpc) is 3.40. The van der Waals surface area contributed by atoms with Crippen LogP contribution in [0.2, 0.25) is 0 Å². The van der Waals surface area contributed by atoms with E-state index in [2.05, 4.69) is 27.2 Å². The predicted octanol–water partition coefficient (Wildman–Crippen LogP) is 3.51. The minimum atomic E-state index is -0.610. The fraction of sp³-hybridized carbons (Fsp3) is 0.346. The summed E-state index contributed by atoms with van der Waals surface area (Å²) in [7, 11) is 0. The molecule has 8 nitrogen and oxygen atoms in total. The van der Waals surface area contributed by atoms with Crippen LogP contribution in [0.15, 0.2) is 54.6 Å². The molecular formula is C26H31N7O. The Kier molecular flexibility index (Phi) is 6.31. The molecule has 3 heterocycles. The van der Waals surface area contributed by atoms with E-state index >= 15 is 0 Å². The summed E-state index contributed by atoms with van der Waals surface area (Å²) in [5.41, 5.74) is 15.5. The monoisotopic (exact) mass is 457 g/mol. The lowest BCUT2D eigenvalue weighted by Crippen LogP contribution is -2.39. The third kappa shape index (κ3) is 4.68. The van der Waals surface area contributed by atoms with E-state index in [4.69, 9.17) is 21.4 Å². The van der Waals surface area contributed by atoms with Crippen molar-refractivity contribution < 1.29 is 4.79 Å². The number of benzene rings is 2. The summed E-state index contributed by atoms with van der Waals surface area (Å²) in [6.45, 7) is 3.76. The molecule has 2 aliphatic heterocycles. The number of primary amides is 1. The molecule has 0 spiro atoms. The molecule has 0 aliphatic carbocycles. The first-order chi connectivity index (χ1) is 16.6. The quantitative estimate of drug-likeness (QED) is 0.519. The van der Waals surface area contributed by atoms with Crippen LogP contribution in [-0.2, 0) is 0 Å². The van der Waals surface area contributed by atoms with Gasteiger partial charge in [0, 0.05) is 49.2 Å². The van der Waals surface area contributed by atoms with E-state index in [1.807, 2.05) is 42.5 Å². The van der Waals surface area contributed by atoms with Crippen molar-refractivity contribution in [3.05, 3.63) is 60.3 Å². The number of amides is 1. The molecule has 34 heavy (non-hydrogen) atoms. The SMILES string of the molecule is NC(=O)c1nc(-c2ccccc2)c(N2CCCC2)nc1Nc1ccc(N2CCC(N)CC2)cc1. The van der Waals surface area contributed by atoms with Gasteiger partial charge in [0.2, 0.25) is 0 Å². The van der Waals surface area contributed by atoms with Crippen molar-refractivity contribution in [2.24, 2.45) is 11.5 Å². The Morgan fingerprint density at radius 3 is 2.21 bits per heavy atom. The molecular weight excluding hydrogens is 426 g/mol. The molecule has 176 valence electrons. The molecule has 5 N–H and O–H groups in total. The Morgan fingerprint density at radius 1 is 0.882 bits per heavy atom. The molecule has 0 radical (unpaired) electrons. The van der Waals surface area contributed by atoms with Gasteiger partial charge in [-0.05, 0) is 49.9 Å². The predicted molar refractivity (Wildman–Crippen MR) is 137 cm³/mol. The van der Waals surface area contributed by atoms with Gasteiger partial charge in [-0.15, -0.1) is 0 Å². The van der Waals surface area contributed by atoms with Crippen LogP contribution in [0.25, 0.3) is 11.3 Å². The maximum atomic E-state index is 12.4. The molecule has 8 heteroatoms. The summed E-state index contributed by atoms with van der Waals surface area (Å²) in [6, 6.07) is 18.3. The van der Waals surface area contributed by atoms with Gasteiger partial charge in [0.15, 0.2) is 17.3 Å². The van der Waals surface area contributed by atoms with Crippen molar-refractivity contribution in [3.8, 4) is 11.3 Å². The Hall–Kier alpha value is -3.65. The van der Waals surface area contributed by atoms with Crippen molar-refractivity contribution in [2.45, 2.75) is 31.7 Å². The molecule has 2 saturated heterocycles. The summed E-state index contributed by atoms with van der Waals surface area (Å²) in [5.74, 6) is 0.546. The van der Waals surface area contributed by atoms with Crippen LogP contribution in [0.3, 0.4) is 0 Å². The molecule has 0 atom stereocenters. The molecule has 2 aromatic carbocycles. The number of aromatic nitrogens is 2. The van der Waals surface area contributed by atoms with E-state index in [1.54, 1.807) is 0 Å². The molecule has 0 unspecified atom stereocenters. The maximum absolute atomic E-state index is 12.4. The average molecular weight is 458 g/mol. The standard InChI is InChI=1S/C26H31N7O/c27-19-12-16-32(17-13-19)21-10-8-20(9-11-21)29-25-23(24(28)34)30-22(18-6-2-1-3-7-18)26(31-25)33-14-4-5-15-33/h1-3,6-11,19H,4-5,12-17,27H2,(H2,28,34)(H,29,31). The van der Waals surface area contributed by atoms with Crippen molar-refractivity contribution in [1.82, 2.24) is 9.97 Å². The number of piperidine rings is 1. The second-order valence-electron chi connectivity index (χ2n) is 9.01. The second-order valence-corrected chi connectivity index (χ2v) is 9.01. The topological polar surface area (TPSA) is 113 Å². The smallest absolute Gasteiger partial charge is 0.271 e. The van der Waals surface area contributed by atoms with Crippen molar-refractivity contribution in [2.75, 3.05) is 41.3 Å². The van der Waals surface area contributed by atoms with Gasteiger partial charge in [0.05, 0.1) is 0 Å². The molecule has 5 rings (SSSR count). The van der Waals surface area contributed by atoms with Crippen LogP contribution >= 0.6 is 0 Å². The lowest BCUT2D eigenvalue weighted by Gasteiger charge is -2.32. The zero-order valence-corrected chi connectivity index (χ0v) is 19.3. The first kappa shape index (κ1) is 22.2. The molecule has 0 saturated carbocycles. The van der Waals surface area contributed by atoms with Crippen molar-refractivity contribution >= 4 is 28.9 Å². The number of hydrogen-bond donors (Lipinski definition) is 3. The number of anilines is 4. The highest BCUT2D eigenvalue weighted by molar-refractivity contribution is 5.97. The summed E-state index contributed by atoms with van der Waals surface area (Å²) in [5, 5.41) is 3.29. The van der Waals surface area contributed by atoms with Crippen molar-refractivity contribution in [1.29, 1.82) is 0 Å². The first-order valence-electron chi connectivity index (χ1n) is 12.0. The summed E-state index contributed by atoms with van der Waals surface area (Å²) in [6.07, 6.45) is 4.23. The third-order valence-electron chi connectivity index (χ3n) is 6.60. The van der Waals surface area contributed by atoms with E-state index in [-0.39, 0.29) is 5.69 Å². The van der Waals surface area contributed by atoms with E-state index in [9.17, 15) is 4.79 Å².